The van der Waals surface area contributed by atoms with E-state index in [0.29, 0.717) is 10.0 Å². The predicted molar refractivity (Wildman–Crippen MR) is 89.5 cm³/mol. The fraction of sp³-hybridized carbons (Fsp3) is 0.188. The number of aryl methyl sites for hydroxylation is 2. The van der Waals surface area contributed by atoms with Crippen LogP contribution in [0.15, 0.2) is 36.4 Å². The van der Waals surface area contributed by atoms with Gasteiger partial charge in [0.1, 0.15) is 0 Å². The van der Waals surface area contributed by atoms with Crippen LogP contribution in [0, 0.1) is 13.8 Å². The Bertz CT molecular complexity index is 671. The van der Waals surface area contributed by atoms with Crippen LogP contribution in [0.5, 0.6) is 0 Å². The quantitative estimate of drug-likeness (QED) is 0.859. The fourth-order valence-corrected chi connectivity index (χ4v) is 2.32. The average Bonchev–Trinajstić information content (AvgIpc) is 2.43. The van der Waals surface area contributed by atoms with Crippen LogP contribution in [0.2, 0.25) is 10.0 Å². The lowest BCUT2D eigenvalue weighted by Crippen LogP contribution is -2.22. The lowest BCUT2D eigenvalue weighted by atomic mass is 10.2. The summed E-state index contributed by atoms with van der Waals surface area (Å²) in [6.45, 7) is 4.03. The van der Waals surface area contributed by atoms with Crippen LogP contribution in [0.25, 0.3) is 0 Å². The number of hydrogen-bond acceptors (Lipinski definition) is 2. The van der Waals surface area contributed by atoms with Crippen LogP contribution >= 0.6 is 23.2 Å². The topological polar surface area (TPSA) is 41.1 Å². The molecule has 2 N–H and O–H groups in total. The van der Waals surface area contributed by atoms with E-state index in [2.05, 4.69) is 10.6 Å². The Kier molecular flexibility index (Phi) is 5.10. The molecular weight excluding hydrogens is 307 g/mol. The highest BCUT2D eigenvalue weighted by Gasteiger charge is 2.06. The molecule has 1 amide bonds. The van der Waals surface area contributed by atoms with Gasteiger partial charge in [-0.25, -0.2) is 0 Å². The highest BCUT2D eigenvalue weighted by Crippen LogP contribution is 2.21. The summed E-state index contributed by atoms with van der Waals surface area (Å²) in [5.74, 6) is -0.125. The van der Waals surface area contributed by atoms with Crippen LogP contribution in [-0.4, -0.2) is 12.5 Å². The molecule has 0 saturated carbocycles. The van der Waals surface area contributed by atoms with Gasteiger partial charge in [0, 0.05) is 21.4 Å². The van der Waals surface area contributed by atoms with Crippen molar-refractivity contribution >= 4 is 40.5 Å². The van der Waals surface area contributed by atoms with Gasteiger partial charge in [-0.1, -0.05) is 29.3 Å². The van der Waals surface area contributed by atoms with Crippen molar-refractivity contribution in [1.29, 1.82) is 0 Å². The Morgan fingerprint density at radius 2 is 1.62 bits per heavy atom. The van der Waals surface area contributed by atoms with Crippen molar-refractivity contribution in [2.24, 2.45) is 0 Å². The van der Waals surface area contributed by atoms with E-state index in [1.807, 2.05) is 32.0 Å². The molecule has 0 aliphatic heterocycles. The van der Waals surface area contributed by atoms with Crippen LogP contribution in [-0.2, 0) is 4.79 Å². The second kappa shape index (κ2) is 6.83. The van der Waals surface area contributed by atoms with Gasteiger partial charge in [-0.3, -0.25) is 4.79 Å². The zero-order chi connectivity index (χ0) is 15.4. The van der Waals surface area contributed by atoms with E-state index in [1.54, 1.807) is 18.2 Å². The van der Waals surface area contributed by atoms with E-state index in [0.717, 1.165) is 22.5 Å². The summed E-state index contributed by atoms with van der Waals surface area (Å²) in [5.41, 5.74) is 3.57. The van der Waals surface area contributed by atoms with Crippen molar-refractivity contribution < 1.29 is 4.79 Å². The molecule has 0 atom stereocenters. The molecule has 3 nitrogen and oxygen atoms in total. The third kappa shape index (κ3) is 4.38. The predicted octanol–water partition coefficient (Wildman–Crippen LogP) is 4.66. The van der Waals surface area contributed by atoms with Gasteiger partial charge in [0.05, 0.1) is 6.54 Å². The summed E-state index contributed by atoms with van der Waals surface area (Å²) in [6.07, 6.45) is 0. The molecule has 0 fully saturated rings. The SMILES string of the molecule is Cc1ccc(Cl)cc1NCC(=O)Nc1ccc(Cl)cc1C. The van der Waals surface area contributed by atoms with E-state index in [4.69, 9.17) is 23.2 Å². The summed E-state index contributed by atoms with van der Waals surface area (Å²) in [6, 6.07) is 10.9. The molecule has 0 aliphatic carbocycles. The van der Waals surface area contributed by atoms with Gasteiger partial charge in [0.25, 0.3) is 0 Å². The maximum Gasteiger partial charge on any atom is 0.243 e. The zero-order valence-electron chi connectivity index (χ0n) is 11.8. The molecule has 0 bridgehead atoms. The highest BCUT2D eigenvalue weighted by molar-refractivity contribution is 6.31. The Hall–Kier alpha value is -1.71. The van der Waals surface area contributed by atoms with Crippen molar-refractivity contribution in [2.75, 3.05) is 17.2 Å². The maximum absolute atomic E-state index is 12.0. The molecular formula is C16H16Cl2N2O. The molecule has 2 aromatic carbocycles. The lowest BCUT2D eigenvalue weighted by Gasteiger charge is -2.12. The van der Waals surface area contributed by atoms with Crippen molar-refractivity contribution in [3.8, 4) is 0 Å². The van der Waals surface area contributed by atoms with Crippen molar-refractivity contribution in [2.45, 2.75) is 13.8 Å². The second-order valence-electron chi connectivity index (χ2n) is 4.82. The van der Waals surface area contributed by atoms with E-state index >= 15 is 0 Å². The number of rotatable bonds is 4. The summed E-state index contributed by atoms with van der Waals surface area (Å²) in [4.78, 5) is 12.0. The van der Waals surface area contributed by atoms with Crippen LogP contribution in [0.1, 0.15) is 11.1 Å². The first-order chi connectivity index (χ1) is 9.95. The standard InChI is InChI=1S/C16H16Cl2N2O/c1-10-3-4-13(18)8-15(10)19-9-16(21)20-14-6-5-12(17)7-11(14)2/h3-8,19H,9H2,1-2H3,(H,20,21). The Labute approximate surface area is 134 Å². The smallest absolute Gasteiger partial charge is 0.243 e. The Morgan fingerprint density at radius 3 is 2.33 bits per heavy atom. The number of amides is 1. The minimum Gasteiger partial charge on any atom is -0.376 e. The summed E-state index contributed by atoms with van der Waals surface area (Å²) < 4.78 is 0. The molecule has 5 heteroatoms. The van der Waals surface area contributed by atoms with Crippen molar-refractivity contribution in [3.05, 3.63) is 57.6 Å². The third-order valence-electron chi connectivity index (χ3n) is 3.10. The maximum atomic E-state index is 12.0. The van der Waals surface area contributed by atoms with E-state index < -0.39 is 0 Å². The fourth-order valence-electron chi connectivity index (χ4n) is 1.92. The number of halogens is 2. The van der Waals surface area contributed by atoms with Gasteiger partial charge >= 0.3 is 0 Å². The summed E-state index contributed by atoms with van der Waals surface area (Å²) in [7, 11) is 0. The van der Waals surface area contributed by atoms with Crippen LogP contribution < -0.4 is 10.6 Å². The van der Waals surface area contributed by atoms with E-state index in [9.17, 15) is 4.79 Å². The molecule has 2 aromatic rings. The van der Waals surface area contributed by atoms with Gasteiger partial charge in [0.2, 0.25) is 5.91 Å². The normalized spacial score (nSPS) is 10.3. The first-order valence-electron chi connectivity index (χ1n) is 6.52. The number of carbonyl (C=O) groups is 1. The first-order valence-corrected chi connectivity index (χ1v) is 7.27. The van der Waals surface area contributed by atoms with Crippen molar-refractivity contribution in [1.82, 2.24) is 0 Å². The van der Waals surface area contributed by atoms with Gasteiger partial charge < -0.3 is 10.6 Å². The van der Waals surface area contributed by atoms with Crippen molar-refractivity contribution in [3.63, 3.8) is 0 Å². The molecule has 0 aromatic heterocycles. The van der Waals surface area contributed by atoms with E-state index in [-0.39, 0.29) is 12.5 Å². The highest BCUT2D eigenvalue weighted by atomic mass is 35.5. The monoisotopic (exact) mass is 322 g/mol. The molecule has 110 valence electrons. The van der Waals surface area contributed by atoms with E-state index in [1.165, 1.54) is 0 Å². The molecule has 21 heavy (non-hydrogen) atoms. The average molecular weight is 323 g/mol. The van der Waals surface area contributed by atoms with Crippen LogP contribution in [0.3, 0.4) is 0 Å². The van der Waals surface area contributed by atoms with Gasteiger partial charge in [-0.2, -0.15) is 0 Å². The summed E-state index contributed by atoms with van der Waals surface area (Å²) in [5, 5.41) is 7.22. The first kappa shape index (κ1) is 15.7. The molecule has 0 spiro atoms. The molecule has 0 aliphatic rings. The minimum absolute atomic E-state index is 0.125. The number of carbonyl (C=O) groups excluding carboxylic acids is 1. The van der Waals surface area contributed by atoms with Gasteiger partial charge in [-0.15, -0.1) is 0 Å². The van der Waals surface area contributed by atoms with Crippen LogP contribution in [0.4, 0.5) is 11.4 Å². The molecule has 0 radical (unpaired) electrons. The molecule has 0 saturated heterocycles. The second-order valence-corrected chi connectivity index (χ2v) is 5.69. The Morgan fingerprint density at radius 1 is 0.952 bits per heavy atom. The summed E-state index contributed by atoms with van der Waals surface area (Å²) >= 11 is 11.8. The number of hydrogen-bond donors (Lipinski definition) is 2. The lowest BCUT2D eigenvalue weighted by molar-refractivity contribution is -0.114. The zero-order valence-corrected chi connectivity index (χ0v) is 13.3. The van der Waals surface area contributed by atoms with Gasteiger partial charge in [-0.05, 0) is 55.3 Å². The molecule has 2 rings (SSSR count). The Balaban J connectivity index is 1.97. The third-order valence-corrected chi connectivity index (χ3v) is 3.57. The number of benzene rings is 2. The van der Waals surface area contributed by atoms with Gasteiger partial charge in [0.15, 0.2) is 0 Å². The molecule has 0 unspecified atom stereocenters. The number of anilines is 2. The largest absolute Gasteiger partial charge is 0.376 e. The minimum atomic E-state index is -0.125. The number of nitrogens with one attached hydrogen (secondary N) is 2. The molecule has 0 heterocycles.